The Labute approximate surface area is 163 Å². The van der Waals surface area contributed by atoms with Gasteiger partial charge in [-0.25, -0.2) is 8.42 Å². The Hall–Kier alpha value is -3.01. The largest absolute Gasteiger partial charge is 0.355 e. The van der Waals surface area contributed by atoms with E-state index in [0.29, 0.717) is 11.2 Å². The van der Waals surface area contributed by atoms with Crippen molar-refractivity contribution in [3.63, 3.8) is 0 Å². The summed E-state index contributed by atoms with van der Waals surface area (Å²) in [5.41, 5.74) is 2.52. The van der Waals surface area contributed by atoms with Crippen molar-refractivity contribution >= 4 is 27.3 Å². The molecule has 0 saturated carbocycles. The van der Waals surface area contributed by atoms with E-state index < -0.39 is 9.84 Å². The van der Waals surface area contributed by atoms with Crippen LogP contribution in [0.25, 0.3) is 5.65 Å². The molecule has 148 valence electrons. The Balaban J connectivity index is 2.05. The minimum Gasteiger partial charge on any atom is -0.355 e. The minimum absolute atomic E-state index is 0.113. The first kappa shape index (κ1) is 19.7. The van der Waals surface area contributed by atoms with E-state index in [1.54, 1.807) is 25.4 Å². The highest BCUT2D eigenvalue weighted by Crippen LogP contribution is 2.22. The lowest BCUT2D eigenvalue weighted by Gasteiger charge is -2.12. The lowest BCUT2D eigenvalue weighted by Crippen LogP contribution is -2.21. The highest BCUT2D eigenvalue weighted by molar-refractivity contribution is 7.90. The van der Waals surface area contributed by atoms with Gasteiger partial charge in [-0.2, -0.15) is 19.6 Å². The number of aromatic nitrogens is 4. The molecule has 3 aromatic rings. The molecule has 28 heavy (non-hydrogen) atoms. The Bertz CT molecular complexity index is 1140. The Morgan fingerprint density at radius 3 is 2.57 bits per heavy atom. The molecule has 1 aromatic carbocycles. The number of hydrogen-bond acceptors (Lipinski definition) is 7. The summed E-state index contributed by atoms with van der Waals surface area (Å²) < 4.78 is 25.6. The molecule has 0 fully saturated rings. The van der Waals surface area contributed by atoms with Crippen molar-refractivity contribution in [3.8, 4) is 0 Å². The van der Waals surface area contributed by atoms with Crippen molar-refractivity contribution in [1.29, 1.82) is 0 Å². The second-order valence-corrected chi connectivity index (χ2v) is 8.59. The zero-order valence-electron chi connectivity index (χ0n) is 16.1. The molecule has 2 heterocycles. The number of nitrogens with zero attached hydrogens (tertiary/aromatic N) is 4. The highest BCUT2D eigenvalue weighted by atomic mass is 32.2. The van der Waals surface area contributed by atoms with E-state index in [0.717, 1.165) is 17.4 Å². The summed E-state index contributed by atoms with van der Waals surface area (Å²) in [4.78, 5) is 20.4. The van der Waals surface area contributed by atoms with Crippen LogP contribution >= 0.6 is 0 Å². The van der Waals surface area contributed by atoms with Crippen LogP contribution in [0.4, 0.5) is 5.95 Å². The summed E-state index contributed by atoms with van der Waals surface area (Å²) in [6, 6.07) is 7.14. The van der Waals surface area contributed by atoms with E-state index >= 15 is 0 Å². The summed E-state index contributed by atoms with van der Waals surface area (Å²) in [5.74, 6) is 0.147. The molecule has 3 rings (SSSR count). The van der Waals surface area contributed by atoms with Crippen LogP contribution in [-0.4, -0.2) is 47.2 Å². The van der Waals surface area contributed by atoms with Gasteiger partial charge in [-0.15, -0.1) is 0 Å². The Morgan fingerprint density at radius 2 is 1.93 bits per heavy atom. The van der Waals surface area contributed by atoms with Crippen LogP contribution in [0.15, 0.2) is 35.6 Å². The summed E-state index contributed by atoms with van der Waals surface area (Å²) in [7, 11) is -2.05. The van der Waals surface area contributed by atoms with Crippen LogP contribution in [-0.2, 0) is 16.4 Å². The maximum atomic E-state index is 12.1. The van der Waals surface area contributed by atoms with Gasteiger partial charge in [0.15, 0.2) is 5.65 Å². The second kappa shape index (κ2) is 7.55. The molecule has 2 aromatic heterocycles. The molecule has 0 atom stereocenters. The third-order valence-corrected chi connectivity index (χ3v) is 5.10. The molecular weight excluding hydrogens is 380 g/mol. The molecule has 0 spiro atoms. The molecule has 10 heteroatoms. The molecule has 0 aliphatic rings. The SMILES string of the molecule is CNC(=O)c1ccccc1CNc1nc(S(C)(=O)=O)nc2c(C(C)C)cnn12. The van der Waals surface area contributed by atoms with E-state index in [4.69, 9.17) is 0 Å². The van der Waals surface area contributed by atoms with Gasteiger partial charge in [0.25, 0.3) is 11.1 Å². The molecular formula is C18H22N6O3S. The first-order valence-electron chi connectivity index (χ1n) is 8.72. The van der Waals surface area contributed by atoms with Gasteiger partial charge in [0.05, 0.1) is 6.20 Å². The fourth-order valence-electron chi connectivity index (χ4n) is 2.77. The highest BCUT2D eigenvalue weighted by Gasteiger charge is 2.20. The zero-order valence-corrected chi connectivity index (χ0v) is 16.9. The van der Waals surface area contributed by atoms with Gasteiger partial charge in [0.2, 0.25) is 15.8 Å². The van der Waals surface area contributed by atoms with Crippen LogP contribution in [0, 0.1) is 0 Å². The summed E-state index contributed by atoms with van der Waals surface area (Å²) in [6.07, 6.45) is 2.72. The topological polar surface area (TPSA) is 118 Å². The van der Waals surface area contributed by atoms with Crippen molar-refractivity contribution in [2.75, 3.05) is 18.6 Å². The minimum atomic E-state index is -3.61. The van der Waals surface area contributed by atoms with Gasteiger partial charge >= 0.3 is 0 Å². The average molecular weight is 402 g/mol. The van der Waals surface area contributed by atoms with Crippen LogP contribution < -0.4 is 10.6 Å². The quantitative estimate of drug-likeness (QED) is 0.643. The Morgan fingerprint density at radius 1 is 1.21 bits per heavy atom. The number of benzene rings is 1. The van der Waals surface area contributed by atoms with Crippen LogP contribution in [0.5, 0.6) is 0 Å². The number of amides is 1. The monoisotopic (exact) mass is 402 g/mol. The molecule has 0 saturated heterocycles. The van der Waals surface area contributed by atoms with Gasteiger partial charge < -0.3 is 10.6 Å². The standard InChI is InChI=1S/C18H22N6O3S/c1-11(2)14-10-21-24-15(14)22-18(28(4,26)27)23-17(24)20-9-12-7-5-6-8-13(12)16(25)19-3/h5-8,10-11H,9H2,1-4H3,(H,19,25)(H,20,22,23). The normalized spacial score (nSPS) is 11.8. The lowest BCUT2D eigenvalue weighted by molar-refractivity contribution is 0.0962. The van der Waals surface area contributed by atoms with Gasteiger partial charge in [-0.05, 0) is 17.5 Å². The molecule has 0 aliphatic heterocycles. The van der Waals surface area contributed by atoms with Crippen molar-refractivity contribution in [3.05, 3.63) is 47.2 Å². The molecule has 9 nitrogen and oxygen atoms in total. The van der Waals surface area contributed by atoms with Gasteiger partial charge in [0.1, 0.15) is 0 Å². The molecule has 0 bridgehead atoms. The van der Waals surface area contributed by atoms with E-state index in [2.05, 4.69) is 25.7 Å². The maximum absolute atomic E-state index is 12.1. The fourth-order valence-corrected chi connectivity index (χ4v) is 3.27. The fraction of sp³-hybridized carbons (Fsp3) is 0.333. The number of hydrogen-bond donors (Lipinski definition) is 2. The van der Waals surface area contributed by atoms with E-state index in [1.807, 2.05) is 26.0 Å². The van der Waals surface area contributed by atoms with Crippen LogP contribution in [0.3, 0.4) is 0 Å². The third-order valence-electron chi connectivity index (χ3n) is 4.25. The molecule has 1 amide bonds. The number of nitrogens with one attached hydrogen (secondary N) is 2. The number of carbonyl (C=O) groups excluding carboxylic acids is 1. The van der Waals surface area contributed by atoms with Crippen molar-refractivity contribution < 1.29 is 13.2 Å². The van der Waals surface area contributed by atoms with Crippen molar-refractivity contribution in [2.24, 2.45) is 0 Å². The number of rotatable bonds is 6. The predicted molar refractivity (Wildman–Crippen MR) is 105 cm³/mol. The van der Waals surface area contributed by atoms with Crippen molar-refractivity contribution in [1.82, 2.24) is 24.9 Å². The number of anilines is 1. The Kier molecular flexibility index (Phi) is 5.32. The van der Waals surface area contributed by atoms with E-state index in [9.17, 15) is 13.2 Å². The first-order chi connectivity index (χ1) is 13.2. The second-order valence-electron chi connectivity index (χ2n) is 6.68. The van der Waals surface area contributed by atoms with Crippen LogP contribution in [0.1, 0.15) is 41.3 Å². The number of fused-ring (bicyclic) bond motifs is 1. The first-order valence-corrected chi connectivity index (χ1v) is 10.6. The lowest BCUT2D eigenvalue weighted by atomic mass is 10.1. The maximum Gasteiger partial charge on any atom is 0.252 e. The molecule has 0 radical (unpaired) electrons. The molecule has 2 N–H and O–H groups in total. The number of carbonyl (C=O) groups is 1. The van der Waals surface area contributed by atoms with Gasteiger partial charge in [0, 0.05) is 31.0 Å². The molecule has 0 unspecified atom stereocenters. The third kappa shape index (κ3) is 3.81. The summed E-state index contributed by atoms with van der Waals surface area (Å²) in [5, 5.41) is 9.73. The number of sulfone groups is 1. The van der Waals surface area contributed by atoms with E-state index in [-0.39, 0.29) is 29.5 Å². The summed E-state index contributed by atoms with van der Waals surface area (Å²) >= 11 is 0. The predicted octanol–water partition coefficient (Wildman–Crippen LogP) is 1.62. The van der Waals surface area contributed by atoms with Gasteiger partial charge in [-0.3, -0.25) is 4.79 Å². The van der Waals surface area contributed by atoms with E-state index in [1.165, 1.54) is 4.52 Å². The molecule has 0 aliphatic carbocycles. The van der Waals surface area contributed by atoms with Gasteiger partial charge in [-0.1, -0.05) is 32.0 Å². The zero-order chi connectivity index (χ0) is 20.5. The van der Waals surface area contributed by atoms with Crippen LogP contribution in [0.2, 0.25) is 0 Å². The smallest absolute Gasteiger partial charge is 0.252 e. The van der Waals surface area contributed by atoms with Crippen molar-refractivity contribution in [2.45, 2.75) is 31.5 Å². The summed E-state index contributed by atoms with van der Waals surface area (Å²) in [6.45, 7) is 4.22. The average Bonchev–Trinajstić information content (AvgIpc) is 3.09.